The molecule has 86 valence electrons. The maximum atomic E-state index is 13.0. The van der Waals surface area contributed by atoms with Crippen LogP contribution in [-0.4, -0.2) is 25.5 Å². The molecule has 0 unspecified atom stereocenters. The van der Waals surface area contributed by atoms with Crippen LogP contribution < -0.4 is 4.90 Å². The maximum Gasteiger partial charge on any atom is 0.152 e. The van der Waals surface area contributed by atoms with Crippen LogP contribution in [0.15, 0.2) is 18.2 Å². The number of hydrogen-bond acceptors (Lipinski definition) is 2. The van der Waals surface area contributed by atoms with E-state index in [0.717, 1.165) is 12.0 Å². The summed E-state index contributed by atoms with van der Waals surface area (Å²) in [5.74, 6) is 0. The van der Waals surface area contributed by atoms with Gasteiger partial charge in [0.1, 0.15) is 6.17 Å². The summed E-state index contributed by atoms with van der Waals surface area (Å²) in [5.41, 5.74) is 1.43. The molecule has 1 heterocycles. The Balaban J connectivity index is 2.25. The highest BCUT2D eigenvalue weighted by atomic mass is 35.5. The molecule has 0 aromatic heterocycles. The monoisotopic (exact) mass is 241 g/mol. The average Bonchev–Trinajstić information content (AvgIpc) is 2.30. The minimum Gasteiger partial charge on any atom is -0.371 e. The minimum absolute atomic E-state index is 0.519. The fraction of sp³-hybridized carbons (Fsp3) is 0.417. The molecular weight excluding hydrogens is 229 g/mol. The zero-order valence-electron chi connectivity index (χ0n) is 8.83. The van der Waals surface area contributed by atoms with Crippen molar-refractivity contribution >= 4 is 23.6 Å². The number of carbonyl (C=O) groups is 1. The van der Waals surface area contributed by atoms with E-state index in [1.165, 1.54) is 0 Å². The molecule has 1 aliphatic heterocycles. The third-order valence-corrected chi connectivity index (χ3v) is 3.12. The van der Waals surface area contributed by atoms with Crippen LogP contribution in [0.25, 0.3) is 0 Å². The molecule has 0 saturated carbocycles. The zero-order chi connectivity index (χ0) is 11.5. The van der Waals surface area contributed by atoms with Gasteiger partial charge in [-0.3, -0.25) is 4.79 Å². The number of aldehydes is 1. The quantitative estimate of drug-likeness (QED) is 0.742. The van der Waals surface area contributed by atoms with Gasteiger partial charge < -0.3 is 4.90 Å². The van der Waals surface area contributed by atoms with Crippen LogP contribution in [0, 0.1) is 0 Å². The van der Waals surface area contributed by atoms with Gasteiger partial charge in [0, 0.05) is 29.4 Å². The van der Waals surface area contributed by atoms with Crippen molar-refractivity contribution < 1.29 is 9.18 Å². The fourth-order valence-corrected chi connectivity index (χ4v) is 2.15. The van der Waals surface area contributed by atoms with E-state index in [-0.39, 0.29) is 0 Å². The van der Waals surface area contributed by atoms with Crippen molar-refractivity contribution in [2.24, 2.45) is 0 Å². The van der Waals surface area contributed by atoms with Crippen molar-refractivity contribution in [2.75, 3.05) is 18.0 Å². The first-order valence-electron chi connectivity index (χ1n) is 5.34. The van der Waals surface area contributed by atoms with E-state index in [2.05, 4.69) is 0 Å². The standard InChI is InChI=1S/C12H13ClFNO/c13-10-2-1-9(8-16)12(7-10)15-5-3-11(14)4-6-15/h1-2,7-8,11H,3-6H2. The van der Waals surface area contributed by atoms with Gasteiger partial charge in [-0.2, -0.15) is 0 Å². The maximum absolute atomic E-state index is 13.0. The number of nitrogens with zero attached hydrogens (tertiary/aromatic N) is 1. The van der Waals surface area contributed by atoms with Crippen LogP contribution >= 0.6 is 11.6 Å². The highest BCUT2D eigenvalue weighted by Crippen LogP contribution is 2.27. The summed E-state index contributed by atoms with van der Waals surface area (Å²) in [4.78, 5) is 12.9. The predicted molar refractivity (Wildman–Crippen MR) is 63.2 cm³/mol. The SMILES string of the molecule is O=Cc1ccc(Cl)cc1N1CCC(F)CC1. The number of rotatable bonds is 2. The molecule has 1 fully saturated rings. The van der Waals surface area contributed by atoms with E-state index in [0.29, 0.717) is 36.5 Å². The third-order valence-electron chi connectivity index (χ3n) is 2.88. The number of halogens is 2. The molecule has 0 aliphatic carbocycles. The van der Waals surface area contributed by atoms with Gasteiger partial charge in [0.2, 0.25) is 0 Å². The Labute approximate surface area is 99.0 Å². The molecule has 0 atom stereocenters. The molecule has 0 N–H and O–H groups in total. The van der Waals surface area contributed by atoms with E-state index in [1.54, 1.807) is 18.2 Å². The molecule has 1 aliphatic rings. The van der Waals surface area contributed by atoms with Crippen LogP contribution in [0.4, 0.5) is 10.1 Å². The third kappa shape index (κ3) is 2.35. The molecule has 0 amide bonds. The Hall–Kier alpha value is -1.09. The molecule has 4 heteroatoms. The molecule has 0 bridgehead atoms. The molecule has 0 radical (unpaired) electrons. The predicted octanol–water partition coefficient (Wildman–Crippen LogP) is 3.09. The van der Waals surface area contributed by atoms with Gasteiger partial charge in [-0.1, -0.05) is 11.6 Å². The summed E-state index contributed by atoms with van der Waals surface area (Å²) in [7, 11) is 0. The number of carbonyl (C=O) groups excluding carboxylic acids is 1. The highest BCUT2D eigenvalue weighted by molar-refractivity contribution is 6.31. The lowest BCUT2D eigenvalue weighted by molar-refractivity contribution is 0.112. The molecule has 2 rings (SSSR count). The Morgan fingerprint density at radius 1 is 1.38 bits per heavy atom. The van der Waals surface area contributed by atoms with Gasteiger partial charge in [0.15, 0.2) is 6.29 Å². The number of hydrogen-bond donors (Lipinski definition) is 0. The Bertz CT molecular complexity index is 389. The highest BCUT2D eigenvalue weighted by Gasteiger charge is 2.20. The smallest absolute Gasteiger partial charge is 0.152 e. The van der Waals surface area contributed by atoms with Crippen molar-refractivity contribution in [1.82, 2.24) is 0 Å². The summed E-state index contributed by atoms with van der Waals surface area (Å²) in [6.45, 7) is 1.28. The van der Waals surface area contributed by atoms with Crippen LogP contribution in [0.2, 0.25) is 5.02 Å². The molecule has 1 saturated heterocycles. The van der Waals surface area contributed by atoms with Gasteiger partial charge in [-0.25, -0.2) is 4.39 Å². The molecular formula is C12H13ClFNO. The molecule has 2 nitrogen and oxygen atoms in total. The Kier molecular flexibility index (Phi) is 3.44. The summed E-state index contributed by atoms with van der Waals surface area (Å²) in [5, 5.41) is 0.600. The first-order chi connectivity index (χ1) is 7.70. The molecule has 16 heavy (non-hydrogen) atoms. The number of alkyl halides is 1. The molecule has 1 aromatic rings. The number of anilines is 1. The van der Waals surface area contributed by atoms with Crippen LogP contribution in [-0.2, 0) is 0 Å². The Morgan fingerprint density at radius 3 is 2.69 bits per heavy atom. The lowest BCUT2D eigenvalue weighted by Crippen LogP contribution is -2.34. The van der Waals surface area contributed by atoms with Gasteiger partial charge in [0.25, 0.3) is 0 Å². The normalized spacial score (nSPS) is 17.5. The van der Waals surface area contributed by atoms with Crippen molar-refractivity contribution in [1.29, 1.82) is 0 Å². The number of benzene rings is 1. The summed E-state index contributed by atoms with van der Waals surface area (Å²) < 4.78 is 13.0. The van der Waals surface area contributed by atoms with Crippen LogP contribution in [0.3, 0.4) is 0 Å². The first kappa shape index (κ1) is 11.4. The topological polar surface area (TPSA) is 20.3 Å². The van der Waals surface area contributed by atoms with E-state index < -0.39 is 6.17 Å². The average molecular weight is 242 g/mol. The summed E-state index contributed by atoms with van der Waals surface area (Å²) in [6, 6.07) is 5.16. The first-order valence-corrected chi connectivity index (χ1v) is 5.72. The van der Waals surface area contributed by atoms with Gasteiger partial charge in [-0.05, 0) is 31.0 Å². The van der Waals surface area contributed by atoms with E-state index in [9.17, 15) is 9.18 Å². The van der Waals surface area contributed by atoms with Crippen molar-refractivity contribution in [3.8, 4) is 0 Å². The van der Waals surface area contributed by atoms with Crippen molar-refractivity contribution in [2.45, 2.75) is 19.0 Å². The number of piperidine rings is 1. The van der Waals surface area contributed by atoms with E-state index >= 15 is 0 Å². The van der Waals surface area contributed by atoms with Crippen LogP contribution in [0.5, 0.6) is 0 Å². The zero-order valence-corrected chi connectivity index (χ0v) is 9.58. The Morgan fingerprint density at radius 2 is 2.06 bits per heavy atom. The molecule has 0 spiro atoms. The lowest BCUT2D eigenvalue weighted by atomic mass is 10.1. The fourth-order valence-electron chi connectivity index (χ4n) is 1.98. The second kappa shape index (κ2) is 4.83. The second-order valence-corrected chi connectivity index (χ2v) is 4.42. The summed E-state index contributed by atoms with van der Waals surface area (Å²) in [6.07, 6.45) is 1.14. The summed E-state index contributed by atoms with van der Waals surface area (Å²) >= 11 is 5.91. The molecule has 1 aromatic carbocycles. The van der Waals surface area contributed by atoms with Crippen LogP contribution in [0.1, 0.15) is 23.2 Å². The van der Waals surface area contributed by atoms with E-state index in [4.69, 9.17) is 11.6 Å². The van der Waals surface area contributed by atoms with Crippen molar-refractivity contribution in [3.05, 3.63) is 28.8 Å². The largest absolute Gasteiger partial charge is 0.371 e. The van der Waals surface area contributed by atoms with Gasteiger partial charge >= 0.3 is 0 Å². The van der Waals surface area contributed by atoms with E-state index in [1.807, 2.05) is 4.90 Å². The van der Waals surface area contributed by atoms with Gasteiger partial charge in [-0.15, -0.1) is 0 Å². The van der Waals surface area contributed by atoms with Gasteiger partial charge in [0.05, 0.1) is 0 Å². The minimum atomic E-state index is -0.713. The van der Waals surface area contributed by atoms with Crippen molar-refractivity contribution in [3.63, 3.8) is 0 Å². The lowest BCUT2D eigenvalue weighted by Gasteiger charge is -2.31. The second-order valence-electron chi connectivity index (χ2n) is 3.98.